The number of nitrogens with one attached hydrogen (secondary N) is 1. The molecule has 2 aromatic heterocycles. The third-order valence-electron chi connectivity index (χ3n) is 4.97. The molecule has 2 aromatic rings. The summed E-state index contributed by atoms with van der Waals surface area (Å²) in [4.78, 5) is 20.9. The molecule has 2 heterocycles. The van der Waals surface area contributed by atoms with E-state index in [1.165, 1.54) is 6.20 Å². The van der Waals surface area contributed by atoms with Gasteiger partial charge < -0.3 is 10.4 Å². The lowest BCUT2D eigenvalue weighted by Crippen LogP contribution is -2.62. The maximum absolute atomic E-state index is 12.7. The molecule has 0 atom stereocenters. The molecule has 132 valence electrons. The predicted molar refractivity (Wildman–Crippen MR) is 83.0 cm³/mol. The molecule has 4 rings (SSSR count). The second kappa shape index (κ2) is 5.39. The van der Waals surface area contributed by atoms with Crippen LogP contribution in [0.15, 0.2) is 24.7 Å². The average Bonchev–Trinajstić information content (AvgIpc) is 3.35. The van der Waals surface area contributed by atoms with Gasteiger partial charge in [0.25, 0.3) is 5.91 Å². The Labute approximate surface area is 141 Å². The van der Waals surface area contributed by atoms with Gasteiger partial charge >= 0.3 is 6.18 Å². The summed E-state index contributed by atoms with van der Waals surface area (Å²) in [6.45, 7) is 0. The van der Waals surface area contributed by atoms with E-state index in [9.17, 15) is 23.1 Å². The molecule has 0 unspecified atom stereocenters. The molecule has 0 spiro atoms. The molecular weight excluding hydrogens is 335 g/mol. The Morgan fingerprint density at radius 3 is 2.64 bits per heavy atom. The van der Waals surface area contributed by atoms with Crippen LogP contribution in [-0.4, -0.2) is 38.8 Å². The number of hydrogen-bond donors (Lipinski definition) is 2. The summed E-state index contributed by atoms with van der Waals surface area (Å²) in [5.74, 6) is -0.196. The number of carbonyl (C=O) groups is 1. The van der Waals surface area contributed by atoms with Gasteiger partial charge in [0.1, 0.15) is 0 Å². The van der Waals surface area contributed by atoms with Crippen molar-refractivity contribution in [3.63, 3.8) is 0 Å². The Bertz CT molecular complexity index is 843. The number of nitrogens with zero attached hydrogens (tertiary/aromatic N) is 2. The van der Waals surface area contributed by atoms with Gasteiger partial charge in [0.2, 0.25) is 0 Å². The monoisotopic (exact) mass is 351 g/mol. The zero-order valence-corrected chi connectivity index (χ0v) is 13.2. The normalized spacial score (nSPS) is 26.3. The number of carbonyl (C=O) groups excluding carboxylic acids is 1. The van der Waals surface area contributed by atoms with E-state index in [2.05, 4.69) is 15.3 Å². The fourth-order valence-electron chi connectivity index (χ4n) is 3.40. The molecule has 0 radical (unpaired) electrons. The van der Waals surface area contributed by atoms with Crippen LogP contribution in [0.5, 0.6) is 0 Å². The lowest BCUT2D eigenvalue weighted by molar-refractivity contribution is -0.291. The second-order valence-electron chi connectivity index (χ2n) is 6.86. The Hall–Kier alpha value is -2.22. The summed E-state index contributed by atoms with van der Waals surface area (Å²) in [6.07, 6.45) is 0.963. The number of aromatic nitrogens is 2. The summed E-state index contributed by atoms with van der Waals surface area (Å²) in [5.41, 5.74) is -0.717. The molecule has 2 aliphatic rings. The number of aliphatic hydroxyl groups is 1. The maximum Gasteiger partial charge on any atom is 0.417 e. The van der Waals surface area contributed by atoms with Crippen LogP contribution in [0.25, 0.3) is 10.9 Å². The first kappa shape index (κ1) is 16.3. The van der Waals surface area contributed by atoms with Crippen LogP contribution in [0.4, 0.5) is 13.2 Å². The third kappa shape index (κ3) is 2.74. The quantitative estimate of drug-likeness (QED) is 0.892. The number of alkyl halides is 3. The molecule has 0 aliphatic heterocycles. The zero-order chi connectivity index (χ0) is 17.8. The third-order valence-corrected chi connectivity index (χ3v) is 4.97. The largest absolute Gasteiger partial charge is 0.417 e. The number of fused-ring (bicyclic) bond motifs is 1. The second-order valence-corrected chi connectivity index (χ2v) is 6.86. The number of pyridine rings is 2. The van der Waals surface area contributed by atoms with Gasteiger partial charge in [0, 0.05) is 42.9 Å². The first-order valence-corrected chi connectivity index (χ1v) is 8.11. The van der Waals surface area contributed by atoms with E-state index in [1.807, 2.05) is 0 Å². The van der Waals surface area contributed by atoms with Crippen LogP contribution in [0.3, 0.4) is 0 Å². The zero-order valence-electron chi connectivity index (χ0n) is 13.2. The Kier molecular flexibility index (Phi) is 3.50. The fourth-order valence-corrected chi connectivity index (χ4v) is 3.40. The van der Waals surface area contributed by atoms with Crippen molar-refractivity contribution in [3.05, 3.63) is 35.8 Å². The smallest absolute Gasteiger partial charge is 0.380 e. The molecule has 2 aliphatic carbocycles. The molecule has 2 fully saturated rings. The standard InChI is InChI=1S/C17H16F3N3O2/c18-17(19,20)16(25)5-10(6-16)23-15(24)12-8-22-13-3-4-21-7-11(13)14(12)9-1-2-9/h3-4,7-10,25H,1-2,5-6H2,(H,23,24). The van der Waals surface area contributed by atoms with E-state index < -0.39 is 36.6 Å². The van der Waals surface area contributed by atoms with E-state index in [0.29, 0.717) is 5.56 Å². The van der Waals surface area contributed by atoms with Crippen molar-refractivity contribution in [1.82, 2.24) is 15.3 Å². The first-order valence-electron chi connectivity index (χ1n) is 8.11. The highest BCUT2D eigenvalue weighted by Gasteiger charge is 2.61. The predicted octanol–water partition coefficient (Wildman–Crippen LogP) is 2.69. The summed E-state index contributed by atoms with van der Waals surface area (Å²) >= 11 is 0. The van der Waals surface area contributed by atoms with Gasteiger partial charge in [-0.05, 0) is 30.4 Å². The number of rotatable bonds is 3. The van der Waals surface area contributed by atoms with Crippen molar-refractivity contribution in [2.45, 2.75) is 49.4 Å². The summed E-state index contributed by atoms with van der Waals surface area (Å²) in [6, 6.07) is 1.06. The summed E-state index contributed by atoms with van der Waals surface area (Å²) in [7, 11) is 0. The number of amides is 1. The van der Waals surface area contributed by atoms with Crippen molar-refractivity contribution in [2.24, 2.45) is 0 Å². The number of halogens is 3. The Morgan fingerprint density at radius 2 is 2.00 bits per heavy atom. The molecule has 8 heteroatoms. The highest BCUT2D eigenvalue weighted by atomic mass is 19.4. The van der Waals surface area contributed by atoms with Gasteiger partial charge in [-0.25, -0.2) is 0 Å². The first-order chi connectivity index (χ1) is 11.8. The van der Waals surface area contributed by atoms with Crippen molar-refractivity contribution in [3.8, 4) is 0 Å². The van der Waals surface area contributed by atoms with E-state index in [4.69, 9.17) is 0 Å². The highest BCUT2D eigenvalue weighted by Crippen LogP contribution is 2.46. The van der Waals surface area contributed by atoms with E-state index in [1.54, 1.807) is 18.5 Å². The average molecular weight is 351 g/mol. The highest BCUT2D eigenvalue weighted by molar-refractivity contribution is 6.00. The van der Waals surface area contributed by atoms with Gasteiger partial charge in [-0.15, -0.1) is 0 Å². The van der Waals surface area contributed by atoms with Gasteiger partial charge in [0.05, 0.1) is 11.1 Å². The molecule has 0 saturated heterocycles. The van der Waals surface area contributed by atoms with Crippen LogP contribution in [-0.2, 0) is 0 Å². The van der Waals surface area contributed by atoms with Crippen LogP contribution in [0.2, 0.25) is 0 Å². The Balaban J connectivity index is 1.57. The van der Waals surface area contributed by atoms with Gasteiger partial charge in [0.15, 0.2) is 5.60 Å². The molecule has 5 nitrogen and oxygen atoms in total. The van der Waals surface area contributed by atoms with Crippen LogP contribution < -0.4 is 5.32 Å². The van der Waals surface area contributed by atoms with Crippen molar-refractivity contribution in [1.29, 1.82) is 0 Å². The minimum atomic E-state index is -4.68. The van der Waals surface area contributed by atoms with Crippen LogP contribution in [0.1, 0.15) is 47.5 Å². The van der Waals surface area contributed by atoms with Crippen LogP contribution >= 0.6 is 0 Å². The van der Waals surface area contributed by atoms with Crippen molar-refractivity contribution in [2.75, 3.05) is 0 Å². The maximum atomic E-state index is 12.7. The van der Waals surface area contributed by atoms with Gasteiger partial charge in [-0.2, -0.15) is 13.2 Å². The molecular formula is C17H16F3N3O2. The van der Waals surface area contributed by atoms with Crippen LogP contribution in [0, 0.1) is 0 Å². The topological polar surface area (TPSA) is 75.1 Å². The van der Waals surface area contributed by atoms with Crippen molar-refractivity contribution < 1.29 is 23.1 Å². The lowest BCUT2D eigenvalue weighted by atomic mass is 9.75. The molecule has 0 bridgehead atoms. The summed E-state index contributed by atoms with van der Waals surface area (Å²) in [5, 5.41) is 12.9. The van der Waals surface area contributed by atoms with E-state index in [0.717, 1.165) is 29.3 Å². The van der Waals surface area contributed by atoms with E-state index >= 15 is 0 Å². The SMILES string of the molecule is O=C(NC1CC(O)(C(F)(F)F)C1)c1cnc2ccncc2c1C1CC1. The molecule has 2 saturated carbocycles. The lowest BCUT2D eigenvalue weighted by Gasteiger charge is -2.44. The number of hydrogen-bond acceptors (Lipinski definition) is 4. The molecule has 25 heavy (non-hydrogen) atoms. The fraction of sp³-hybridized carbons (Fsp3) is 0.471. The van der Waals surface area contributed by atoms with Gasteiger partial charge in [-0.3, -0.25) is 14.8 Å². The molecule has 2 N–H and O–H groups in total. The molecule has 1 amide bonds. The minimum Gasteiger partial charge on any atom is -0.380 e. The van der Waals surface area contributed by atoms with E-state index in [-0.39, 0.29) is 5.92 Å². The molecule has 0 aromatic carbocycles. The summed E-state index contributed by atoms with van der Waals surface area (Å²) < 4.78 is 38.1. The minimum absolute atomic E-state index is 0.254. The van der Waals surface area contributed by atoms with Crippen molar-refractivity contribution >= 4 is 16.8 Å². The Morgan fingerprint density at radius 1 is 1.28 bits per heavy atom. The van der Waals surface area contributed by atoms with Gasteiger partial charge in [-0.1, -0.05) is 0 Å².